The van der Waals surface area contributed by atoms with Gasteiger partial charge < -0.3 is 20.4 Å². The lowest BCUT2D eigenvalue weighted by Gasteiger charge is -2.16. The van der Waals surface area contributed by atoms with Crippen LogP contribution in [0.25, 0.3) is 0 Å². The van der Waals surface area contributed by atoms with Crippen molar-refractivity contribution in [2.45, 2.75) is 13.0 Å². The predicted molar refractivity (Wildman–Crippen MR) is 57.7 cm³/mol. The van der Waals surface area contributed by atoms with Crippen molar-refractivity contribution in [3.8, 4) is 0 Å². The summed E-state index contributed by atoms with van der Waals surface area (Å²) in [7, 11) is 3.49. The minimum atomic E-state index is -0.224. The second-order valence-corrected chi connectivity index (χ2v) is 3.47. The number of hydrogen-bond acceptors (Lipinski definition) is 4. The van der Waals surface area contributed by atoms with Crippen molar-refractivity contribution in [3.63, 3.8) is 0 Å². The number of nitrogens with two attached hydrogens (primary N) is 1. The number of aromatic nitrogens is 2. The van der Waals surface area contributed by atoms with Gasteiger partial charge >= 0.3 is 0 Å². The topological polar surface area (TPSA) is 96.7 Å². The molecule has 0 unspecified atom stereocenters. The number of hydrogen-bond donors (Lipinski definition) is 2. The molecule has 1 aromatic rings. The first-order valence-corrected chi connectivity index (χ1v) is 4.71. The molecule has 3 N–H and O–H groups in total. The van der Waals surface area contributed by atoms with Gasteiger partial charge in [-0.3, -0.25) is 4.79 Å². The first-order valence-electron chi connectivity index (χ1n) is 4.71. The van der Waals surface area contributed by atoms with Gasteiger partial charge in [-0.15, -0.1) is 0 Å². The summed E-state index contributed by atoms with van der Waals surface area (Å²) < 4.78 is 1.83. The molecule has 1 amide bonds. The van der Waals surface area contributed by atoms with Crippen molar-refractivity contribution in [2.24, 2.45) is 17.9 Å². The van der Waals surface area contributed by atoms with Gasteiger partial charge in [0.05, 0.1) is 13.0 Å². The molecule has 0 spiro atoms. The van der Waals surface area contributed by atoms with Crippen molar-refractivity contribution in [2.75, 3.05) is 7.05 Å². The molecular formula is C9H15N5O2. The van der Waals surface area contributed by atoms with Crippen LogP contribution in [0.2, 0.25) is 0 Å². The van der Waals surface area contributed by atoms with E-state index in [-0.39, 0.29) is 18.2 Å². The Hall–Kier alpha value is -2.05. The molecule has 0 aromatic carbocycles. The van der Waals surface area contributed by atoms with Crippen molar-refractivity contribution >= 4 is 11.7 Å². The molecule has 7 nitrogen and oxygen atoms in total. The zero-order valence-corrected chi connectivity index (χ0v) is 9.29. The summed E-state index contributed by atoms with van der Waals surface area (Å²) >= 11 is 0. The maximum atomic E-state index is 11.6. The Kier molecular flexibility index (Phi) is 3.87. The Bertz CT molecular complexity index is 398. The van der Waals surface area contributed by atoms with Gasteiger partial charge in [-0.2, -0.15) is 0 Å². The number of oxime groups is 1. The molecule has 7 heteroatoms. The lowest BCUT2D eigenvalue weighted by Crippen LogP contribution is -2.31. The van der Waals surface area contributed by atoms with E-state index in [1.165, 1.54) is 4.90 Å². The molecule has 1 rings (SSSR count). The number of amidine groups is 1. The van der Waals surface area contributed by atoms with Gasteiger partial charge in [0.2, 0.25) is 5.91 Å². The average molecular weight is 225 g/mol. The highest BCUT2D eigenvalue weighted by Gasteiger charge is 2.13. The van der Waals surface area contributed by atoms with E-state index >= 15 is 0 Å². The summed E-state index contributed by atoms with van der Waals surface area (Å²) in [5.41, 5.74) is 5.25. The Morgan fingerprint density at radius 3 is 2.94 bits per heavy atom. The Labute approximate surface area is 93.2 Å². The van der Waals surface area contributed by atoms with Crippen LogP contribution in [0.5, 0.6) is 0 Å². The van der Waals surface area contributed by atoms with E-state index in [4.69, 9.17) is 10.9 Å². The van der Waals surface area contributed by atoms with Crippen LogP contribution in [-0.4, -0.2) is 38.4 Å². The Morgan fingerprint density at radius 1 is 1.75 bits per heavy atom. The van der Waals surface area contributed by atoms with E-state index in [1.54, 1.807) is 19.4 Å². The number of rotatable bonds is 4. The van der Waals surface area contributed by atoms with E-state index < -0.39 is 0 Å². The second-order valence-electron chi connectivity index (χ2n) is 3.47. The SMILES string of the molecule is CN(Cc1nccn1C)C(=O)CC(N)=NO. The van der Waals surface area contributed by atoms with Crippen LogP contribution in [0.15, 0.2) is 17.5 Å². The summed E-state index contributed by atoms with van der Waals surface area (Å²) in [6.45, 7) is 0.390. The fourth-order valence-electron chi connectivity index (χ4n) is 1.17. The minimum Gasteiger partial charge on any atom is -0.409 e. The highest BCUT2D eigenvalue weighted by molar-refractivity contribution is 5.98. The van der Waals surface area contributed by atoms with E-state index in [0.717, 1.165) is 5.82 Å². The van der Waals surface area contributed by atoms with E-state index in [2.05, 4.69) is 10.1 Å². The summed E-state index contributed by atoms with van der Waals surface area (Å²) in [5.74, 6) is 0.449. The van der Waals surface area contributed by atoms with Gasteiger partial charge in [-0.25, -0.2) is 4.98 Å². The highest BCUT2D eigenvalue weighted by Crippen LogP contribution is 2.01. The maximum absolute atomic E-state index is 11.6. The standard InChI is InChI=1S/C9H15N5O2/c1-13-4-3-11-8(13)6-14(2)9(15)5-7(10)12-16/h3-4,16H,5-6H2,1-2H3,(H2,10,12). The zero-order chi connectivity index (χ0) is 12.1. The molecular weight excluding hydrogens is 210 g/mol. The fourth-order valence-corrected chi connectivity index (χ4v) is 1.17. The van der Waals surface area contributed by atoms with Crippen LogP contribution in [0.4, 0.5) is 0 Å². The van der Waals surface area contributed by atoms with Crippen LogP contribution in [0, 0.1) is 0 Å². The monoisotopic (exact) mass is 225 g/mol. The number of imidazole rings is 1. The smallest absolute Gasteiger partial charge is 0.230 e. The lowest BCUT2D eigenvalue weighted by molar-refractivity contribution is -0.129. The normalized spacial score (nSPS) is 11.5. The molecule has 0 radical (unpaired) electrons. The predicted octanol–water partition coefficient (Wildman–Crippen LogP) is -0.485. The average Bonchev–Trinajstić information content (AvgIpc) is 2.64. The van der Waals surface area contributed by atoms with Crippen LogP contribution >= 0.6 is 0 Å². The van der Waals surface area contributed by atoms with E-state index in [9.17, 15) is 4.79 Å². The third-order valence-corrected chi connectivity index (χ3v) is 2.19. The van der Waals surface area contributed by atoms with Crippen molar-refractivity contribution in [1.82, 2.24) is 14.5 Å². The number of amides is 1. The van der Waals surface area contributed by atoms with Crippen molar-refractivity contribution in [1.29, 1.82) is 0 Å². The first-order chi connectivity index (χ1) is 7.54. The summed E-state index contributed by atoms with van der Waals surface area (Å²) in [4.78, 5) is 17.1. The van der Waals surface area contributed by atoms with Gasteiger partial charge in [0, 0.05) is 26.5 Å². The molecule has 0 fully saturated rings. The van der Waals surface area contributed by atoms with Crippen LogP contribution in [0.1, 0.15) is 12.2 Å². The number of nitrogens with zero attached hydrogens (tertiary/aromatic N) is 4. The summed E-state index contributed by atoms with van der Waals surface area (Å²) in [5, 5.41) is 11.1. The van der Waals surface area contributed by atoms with Gasteiger partial charge in [-0.05, 0) is 0 Å². The minimum absolute atomic E-state index is 0.0998. The van der Waals surface area contributed by atoms with Crippen molar-refractivity contribution < 1.29 is 10.0 Å². The lowest BCUT2D eigenvalue weighted by atomic mass is 10.3. The molecule has 16 heavy (non-hydrogen) atoms. The molecule has 0 aliphatic carbocycles. The van der Waals surface area contributed by atoms with Gasteiger partial charge in [0.1, 0.15) is 11.7 Å². The zero-order valence-electron chi connectivity index (χ0n) is 9.29. The maximum Gasteiger partial charge on any atom is 0.230 e. The van der Waals surface area contributed by atoms with E-state index in [0.29, 0.717) is 6.54 Å². The second kappa shape index (κ2) is 5.15. The van der Waals surface area contributed by atoms with Crippen molar-refractivity contribution in [3.05, 3.63) is 18.2 Å². The molecule has 0 aliphatic heterocycles. The Balaban J connectivity index is 2.56. The van der Waals surface area contributed by atoms with Gasteiger partial charge in [0.25, 0.3) is 0 Å². The number of carbonyl (C=O) groups is 1. The molecule has 0 bridgehead atoms. The fraction of sp³-hybridized carbons (Fsp3) is 0.444. The molecule has 0 atom stereocenters. The van der Waals surface area contributed by atoms with Crippen LogP contribution in [-0.2, 0) is 18.4 Å². The van der Waals surface area contributed by atoms with Crippen LogP contribution in [0.3, 0.4) is 0 Å². The van der Waals surface area contributed by atoms with Crippen LogP contribution < -0.4 is 5.73 Å². The summed E-state index contributed by atoms with van der Waals surface area (Å²) in [6.07, 6.45) is 3.37. The largest absolute Gasteiger partial charge is 0.409 e. The first kappa shape index (κ1) is 12.0. The number of carbonyl (C=O) groups excluding carboxylic acids is 1. The quantitative estimate of drug-likeness (QED) is 0.313. The highest BCUT2D eigenvalue weighted by atomic mass is 16.4. The molecule has 88 valence electrons. The number of aryl methyl sites for hydroxylation is 1. The molecule has 1 heterocycles. The molecule has 0 saturated carbocycles. The van der Waals surface area contributed by atoms with E-state index in [1.807, 2.05) is 11.6 Å². The molecule has 1 aromatic heterocycles. The third-order valence-electron chi connectivity index (χ3n) is 2.19. The Morgan fingerprint density at radius 2 is 2.44 bits per heavy atom. The summed E-state index contributed by atoms with van der Waals surface area (Å²) in [6, 6.07) is 0. The van der Waals surface area contributed by atoms with Gasteiger partial charge in [-0.1, -0.05) is 5.16 Å². The molecule has 0 saturated heterocycles. The van der Waals surface area contributed by atoms with Gasteiger partial charge in [0.15, 0.2) is 0 Å². The molecule has 0 aliphatic rings. The third kappa shape index (κ3) is 2.97.